The van der Waals surface area contributed by atoms with E-state index in [0.717, 1.165) is 5.01 Å². The van der Waals surface area contributed by atoms with Gasteiger partial charge in [-0.05, 0) is 31.4 Å². The molecule has 0 bridgehead atoms. The van der Waals surface area contributed by atoms with Gasteiger partial charge in [-0.2, -0.15) is 0 Å². The van der Waals surface area contributed by atoms with Gasteiger partial charge >= 0.3 is 0 Å². The molecule has 1 aromatic heterocycles. The molecule has 1 fully saturated rings. The van der Waals surface area contributed by atoms with Crippen LogP contribution in [0.3, 0.4) is 0 Å². The maximum Gasteiger partial charge on any atom is 0.207 e. The second kappa shape index (κ2) is 3.76. The molecule has 0 aromatic carbocycles. The Morgan fingerprint density at radius 3 is 2.36 bits per heavy atom. The van der Waals surface area contributed by atoms with E-state index < -0.39 is 0 Å². The Morgan fingerprint density at radius 2 is 1.93 bits per heavy atom. The fourth-order valence-corrected chi connectivity index (χ4v) is 3.20. The van der Waals surface area contributed by atoms with E-state index >= 15 is 0 Å². The van der Waals surface area contributed by atoms with Crippen LogP contribution in [0.25, 0.3) is 0 Å². The minimum Gasteiger partial charge on any atom is -0.375 e. The van der Waals surface area contributed by atoms with Crippen LogP contribution < -0.4 is 0 Å². The quantitative estimate of drug-likeness (QED) is 0.747. The lowest BCUT2D eigenvalue weighted by Crippen LogP contribution is -2.14. The molecule has 1 saturated heterocycles. The first-order chi connectivity index (χ1) is 6.59. The highest BCUT2D eigenvalue weighted by Crippen LogP contribution is 2.41. The minimum absolute atomic E-state index is 0.212. The maximum atomic E-state index is 5.77. The Bertz CT molecular complexity index is 330. The van der Waals surface area contributed by atoms with Crippen LogP contribution in [0, 0.1) is 5.92 Å². The third kappa shape index (κ3) is 1.66. The summed E-state index contributed by atoms with van der Waals surface area (Å²) in [7, 11) is 0. The number of halogens is 1. The molecule has 0 amide bonds. The van der Waals surface area contributed by atoms with Crippen molar-refractivity contribution in [3.8, 4) is 0 Å². The van der Waals surface area contributed by atoms with Gasteiger partial charge in [0.15, 0.2) is 0 Å². The predicted octanol–water partition coefficient (Wildman–Crippen LogP) is 2.72. The second-order valence-electron chi connectivity index (χ2n) is 3.82. The summed E-state index contributed by atoms with van der Waals surface area (Å²) in [5, 5.41) is 8.92. The predicted molar refractivity (Wildman–Crippen MR) is 56.8 cm³/mol. The van der Waals surface area contributed by atoms with E-state index in [1.165, 1.54) is 11.3 Å². The van der Waals surface area contributed by atoms with Crippen molar-refractivity contribution in [3.05, 3.63) is 9.47 Å². The van der Waals surface area contributed by atoms with Crippen molar-refractivity contribution in [1.29, 1.82) is 0 Å². The molecule has 0 spiro atoms. The highest BCUT2D eigenvalue weighted by atomic mass is 35.5. The SMILES string of the molecule is CC1OC(C)C(c2nnc(Cl)s2)C1C. The van der Waals surface area contributed by atoms with E-state index in [0.29, 0.717) is 16.3 Å². The first-order valence-electron chi connectivity index (χ1n) is 4.74. The fourth-order valence-electron chi connectivity index (χ4n) is 2.04. The molecule has 1 aliphatic rings. The Morgan fingerprint density at radius 1 is 1.21 bits per heavy atom. The summed E-state index contributed by atoms with van der Waals surface area (Å²) >= 11 is 7.23. The number of nitrogens with zero attached hydrogens (tertiary/aromatic N) is 2. The average molecular weight is 233 g/mol. The summed E-state index contributed by atoms with van der Waals surface area (Å²) in [6.07, 6.45) is 0.502. The number of hydrogen-bond acceptors (Lipinski definition) is 4. The van der Waals surface area contributed by atoms with Crippen molar-refractivity contribution in [3.63, 3.8) is 0 Å². The zero-order valence-electron chi connectivity index (χ0n) is 8.40. The smallest absolute Gasteiger partial charge is 0.207 e. The highest BCUT2D eigenvalue weighted by molar-refractivity contribution is 7.15. The van der Waals surface area contributed by atoms with Crippen LogP contribution in [0.2, 0.25) is 4.47 Å². The van der Waals surface area contributed by atoms with Crippen molar-refractivity contribution < 1.29 is 4.74 Å². The van der Waals surface area contributed by atoms with Crippen molar-refractivity contribution >= 4 is 22.9 Å². The van der Waals surface area contributed by atoms with Crippen LogP contribution >= 0.6 is 22.9 Å². The van der Waals surface area contributed by atoms with Gasteiger partial charge in [-0.15, -0.1) is 10.2 Å². The summed E-state index contributed by atoms with van der Waals surface area (Å²) < 4.78 is 6.26. The summed E-state index contributed by atoms with van der Waals surface area (Å²) in [4.78, 5) is 0. The van der Waals surface area contributed by atoms with Crippen LogP contribution in [-0.4, -0.2) is 22.4 Å². The fraction of sp³-hybridized carbons (Fsp3) is 0.778. The van der Waals surface area contributed by atoms with Crippen molar-refractivity contribution in [2.24, 2.45) is 5.92 Å². The first kappa shape index (κ1) is 10.3. The number of aromatic nitrogens is 2. The van der Waals surface area contributed by atoms with E-state index in [1.807, 2.05) is 0 Å². The molecule has 2 rings (SSSR count). The molecule has 0 N–H and O–H groups in total. The van der Waals surface area contributed by atoms with Gasteiger partial charge in [0.2, 0.25) is 4.47 Å². The van der Waals surface area contributed by atoms with Crippen molar-refractivity contribution in [1.82, 2.24) is 10.2 Å². The molecule has 4 unspecified atom stereocenters. The largest absolute Gasteiger partial charge is 0.375 e. The van der Waals surface area contributed by atoms with Crippen LogP contribution in [0.1, 0.15) is 31.7 Å². The molecule has 0 aliphatic carbocycles. The van der Waals surface area contributed by atoms with Gasteiger partial charge in [0.1, 0.15) is 5.01 Å². The summed E-state index contributed by atoms with van der Waals surface area (Å²) in [6, 6.07) is 0. The van der Waals surface area contributed by atoms with Crippen LogP contribution in [-0.2, 0) is 4.74 Å². The van der Waals surface area contributed by atoms with E-state index in [9.17, 15) is 0 Å². The third-order valence-electron chi connectivity index (χ3n) is 2.94. The molecule has 2 heterocycles. The lowest BCUT2D eigenvalue weighted by molar-refractivity contribution is 0.0556. The Balaban J connectivity index is 2.25. The van der Waals surface area contributed by atoms with Crippen LogP contribution in [0.4, 0.5) is 0 Å². The van der Waals surface area contributed by atoms with Crippen LogP contribution in [0.15, 0.2) is 0 Å². The zero-order valence-corrected chi connectivity index (χ0v) is 9.97. The van der Waals surface area contributed by atoms with Crippen molar-refractivity contribution in [2.45, 2.75) is 38.9 Å². The monoisotopic (exact) mass is 232 g/mol. The Hall–Kier alpha value is -0.190. The molecule has 1 aliphatic heterocycles. The number of ether oxygens (including phenoxy) is 1. The number of rotatable bonds is 1. The molecule has 5 heteroatoms. The van der Waals surface area contributed by atoms with Gasteiger partial charge in [0.05, 0.1) is 12.2 Å². The Kier molecular flexibility index (Phi) is 2.77. The molecule has 78 valence electrons. The molecular formula is C9H13ClN2OS. The lowest BCUT2D eigenvalue weighted by atomic mass is 9.90. The van der Waals surface area contributed by atoms with Gasteiger partial charge in [-0.3, -0.25) is 0 Å². The molecular weight excluding hydrogens is 220 g/mol. The molecule has 0 saturated carbocycles. The van der Waals surface area contributed by atoms with Gasteiger partial charge in [-0.1, -0.05) is 18.3 Å². The first-order valence-corrected chi connectivity index (χ1v) is 5.93. The topological polar surface area (TPSA) is 35.0 Å². The van der Waals surface area contributed by atoms with Gasteiger partial charge < -0.3 is 4.74 Å². The Labute approximate surface area is 92.4 Å². The van der Waals surface area contributed by atoms with Gasteiger partial charge in [-0.25, -0.2) is 0 Å². The van der Waals surface area contributed by atoms with E-state index in [-0.39, 0.29) is 12.2 Å². The van der Waals surface area contributed by atoms with E-state index in [4.69, 9.17) is 16.3 Å². The lowest BCUT2D eigenvalue weighted by Gasteiger charge is -2.14. The molecule has 1 aromatic rings. The average Bonchev–Trinajstić information content (AvgIpc) is 2.60. The summed E-state index contributed by atoms with van der Waals surface area (Å²) in [5.41, 5.74) is 0. The van der Waals surface area contributed by atoms with E-state index in [1.54, 1.807) is 0 Å². The third-order valence-corrected chi connectivity index (χ3v) is 4.06. The van der Waals surface area contributed by atoms with Crippen molar-refractivity contribution in [2.75, 3.05) is 0 Å². The standard InChI is InChI=1S/C9H13ClN2OS/c1-4-5(2)13-6(3)7(4)8-11-12-9(10)14-8/h4-7H,1-3H3. The van der Waals surface area contributed by atoms with Gasteiger partial charge in [0, 0.05) is 5.92 Å². The zero-order chi connectivity index (χ0) is 10.3. The minimum atomic E-state index is 0.212. The maximum absolute atomic E-state index is 5.77. The van der Waals surface area contributed by atoms with Gasteiger partial charge in [0.25, 0.3) is 0 Å². The number of hydrogen-bond donors (Lipinski definition) is 0. The highest BCUT2D eigenvalue weighted by Gasteiger charge is 2.39. The molecule has 0 radical (unpaired) electrons. The summed E-state index contributed by atoms with van der Waals surface area (Å²) in [5.74, 6) is 0.823. The summed E-state index contributed by atoms with van der Waals surface area (Å²) in [6.45, 7) is 6.37. The van der Waals surface area contributed by atoms with Crippen LogP contribution in [0.5, 0.6) is 0 Å². The molecule has 4 atom stereocenters. The molecule has 3 nitrogen and oxygen atoms in total. The van der Waals surface area contributed by atoms with E-state index in [2.05, 4.69) is 31.0 Å². The normalized spacial score (nSPS) is 37.7. The molecule has 14 heavy (non-hydrogen) atoms. The second-order valence-corrected chi connectivity index (χ2v) is 5.42.